The second-order valence-corrected chi connectivity index (χ2v) is 7.34. The molecule has 1 aliphatic heterocycles. The minimum atomic E-state index is -0.0673. The van der Waals surface area contributed by atoms with E-state index in [0.29, 0.717) is 5.02 Å². The fourth-order valence-electron chi connectivity index (χ4n) is 2.77. The molecule has 1 saturated heterocycles. The van der Waals surface area contributed by atoms with Crippen LogP contribution in [0, 0.1) is 13.8 Å². The van der Waals surface area contributed by atoms with Crippen molar-refractivity contribution in [3.8, 4) is 0 Å². The lowest BCUT2D eigenvalue weighted by Crippen LogP contribution is -2.34. The van der Waals surface area contributed by atoms with Crippen LogP contribution in [-0.2, 0) is 0 Å². The highest BCUT2D eigenvalue weighted by Gasteiger charge is 2.31. The summed E-state index contributed by atoms with van der Waals surface area (Å²) in [5.74, 6) is 0.950. The molecule has 2 amide bonds. The first-order valence-corrected chi connectivity index (χ1v) is 8.99. The predicted molar refractivity (Wildman–Crippen MR) is 98.3 cm³/mol. The van der Waals surface area contributed by atoms with E-state index in [1.54, 1.807) is 12.1 Å². The van der Waals surface area contributed by atoms with E-state index < -0.39 is 0 Å². The number of anilines is 1. The van der Waals surface area contributed by atoms with Crippen molar-refractivity contribution in [3.63, 3.8) is 0 Å². The van der Waals surface area contributed by atoms with Gasteiger partial charge in [0.2, 0.25) is 0 Å². The Kier molecular flexibility index (Phi) is 4.83. The Morgan fingerprint density at radius 2 is 1.96 bits per heavy atom. The average molecular weight is 347 g/mol. The van der Waals surface area contributed by atoms with Crippen molar-refractivity contribution in [2.24, 2.45) is 0 Å². The third kappa shape index (κ3) is 3.65. The van der Waals surface area contributed by atoms with Gasteiger partial charge in [0.1, 0.15) is 5.37 Å². The molecule has 1 heterocycles. The van der Waals surface area contributed by atoms with Crippen molar-refractivity contribution < 1.29 is 4.79 Å². The van der Waals surface area contributed by atoms with Gasteiger partial charge < -0.3 is 10.2 Å². The molecule has 3 rings (SSSR count). The maximum Gasteiger partial charge on any atom is 0.323 e. The van der Waals surface area contributed by atoms with Crippen molar-refractivity contribution in [2.45, 2.75) is 19.2 Å². The Bertz CT molecular complexity index is 717. The van der Waals surface area contributed by atoms with E-state index in [-0.39, 0.29) is 11.4 Å². The highest BCUT2D eigenvalue weighted by molar-refractivity contribution is 7.99. The molecule has 0 aromatic heterocycles. The van der Waals surface area contributed by atoms with E-state index in [4.69, 9.17) is 11.6 Å². The number of hydrogen-bond acceptors (Lipinski definition) is 2. The third-order valence-electron chi connectivity index (χ3n) is 3.94. The van der Waals surface area contributed by atoms with Gasteiger partial charge in [0.25, 0.3) is 0 Å². The van der Waals surface area contributed by atoms with Gasteiger partial charge in [-0.1, -0.05) is 35.4 Å². The Balaban J connectivity index is 1.78. The highest BCUT2D eigenvalue weighted by atomic mass is 35.5. The molecule has 1 unspecified atom stereocenters. The van der Waals surface area contributed by atoms with Crippen LogP contribution in [0.25, 0.3) is 0 Å². The molecule has 0 saturated carbocycles. The van der Waals surface area contributed by atoms with Crippen LogP contribution in [0.5, 0.6) is 0 Å². The van der Waals surface area contributed by atoms with Crippen molar-refractivity contribution in [1.29, 1.82) is 0 Å². The first kappa shape index (κ1) is 16.2. The number of rotatable bonds is 2. The molecule has 2 aromatic carbocycles. The molecule has 0 bridgehead atoms. The SMILES string of the molecule is Cc1ccc(C2SCCN2C(=O)Nc2ccc(Cl)cc2)c(C)c1. The normalized spacial score (nSPS) is 17.3. The zero-order valence-electron chi connectivity index (χ0n) is 13.2. The number of thioether (sulfide) groups is 1. The summed E-state index contributed by atoms with van der Waals surface area (Å²) in [7, 11) is 0. The number of carbonyl (C=O) groups is 1. The van der Waals surface area contributed by atoms with Crippen LogP contribution in [0.15, 0.2) is 42.5 Å². The van der Waals surface area contributed by atoms with Gasteiger partial charge in [-0.15, -0.1) is 11.8 Å². The molecule has 120 valence electrons. The largest absolute Gasteiger partial charge is 0.323 e. The second-order valence-electron chi connectivity index (χ2n) is 5.71. The van der Waals surface area contributed by atoms with Gasteiger partial charge in [0.15, 0.2) is 0 Å². The lowest BCUT2D eigenvalue weighted by molar-refractivity contribution is 0.214. The summed E-state index contributed by atoms with van der Waals surface area (Å²) < 4.78 is 0. The summed E-state index contributed by atoms with van der Waals surface area (Å²) in [5, 5.41) is 3.69. The van der Waals surface area contributed by atoms with Gasteiger partial charge in [-0.25, -0.2) is 4.79 Å². The van der Waals surface area contributed by atoms with E-state index in [9.17, 15) is 4.79 Å². The second kappa shape index (κ2) is 6.85. The molecular formula is C18H19ClN2OS. The van der Waals surface area contributed by atoms with Crippen LogP contribution in [-0.4, -0.2) is 23.2 Å². The van der Waals surface area contributed by atoms with E-state index >= 15 is 0 Å². The molecule has 1 aliphatic rings. The molecule has 1 N–H and O–H groups in total. The molecule has 1 atom stereocenters. The zero-order chi connectivity index (χ0) is 16.4. The fourth-order valence-corrected chi connectivity index (χ4v) is 4.24. The quantitative estimate of drug-likeness (QED) is 0.806. The minimum absolute atomic E-state index is 0.0673. The Hall–Kier alpha value is -1.65. The highest BCUT2D eigenvalue weighted by Crippen LogP contribution is 2.39. The van der Waals surface area contributed by atoms with Gasteiger partial charge in [-0.3, -0.25) is 0 Å². The number of amides is 2. The summed E-state index contributed by atoms with van der Waals surface area (Å²) >= 11 is 7.69. The predicted octanol–water partition coefficient (Wildman–Crippen LogP) is 5.24. The van der Waals surface area contributed by atoms with E-state index in [1.165, 1.54) is 16.7 Å². The first-order valence-electron chi connectivity index (χ1n) is 7.56. The topological polar surface area (TPSA) is 32.3 Å². The smallest absolute Gasteiger partial charge is 0.308 e. The standard InChI is InChI=1S/C18H19ClN2OS/c1-12-3-8-16(13(2)11-12)17-21(9-10-23-17)18(22)20-15-6-4-14(19)5-7-15/h3-8,11,17H,9-10H2,1-2H3,(H,20,22). The number of urea groups is 1. The van der Waals surface area contributed by atoms with Gasteiger partial charge in [-0.05, 0) is 49.2 Å². The first-order chi connectivity index (χ1) is 11.0. The van der Waals surface area contributed by atoms with E-state index in [1.807, 2.05) is 28.8 Å². The minimum Gasteiger partial charge on any atom is -0.308 e. The van der Waals surface area contributed by atoms with Crippen LogP contribution in [0.1, 0.15) is 22.1 Å². The van der Waals surface area contributed by atoms with E-state index in [0.717, 1.165) is 18.0 Å². The number of benzene rings is 2. The monoisotopic (exact) mass is 346 g/mol. The number of halogens is 1. The van der Waals surface area contributed by atoms with Crippen LogP contribution < -0.4 is 5.32 Å². The molecule has 0 spiro atoms. The molecule has 1 fully saturated rings. The van der Waals surface area contributed by atoms with Crippen molar-refractivity contribution in [1.82, 2.24) is 4.90 Å². The molecule has 5 heteroatoms. The lowest BCUT2D eigenvalue weighted by Gasteiger charge is -2.25. The fraction of sp³-hybridized carbons (Fsp3) is 0.278. The molecule has 0 aliphatic carbocycles. The number of nitrogens with zero attached hydrogens (tertiary/aromatic N) is 1. The number of aryl methyl sites for hydroxylation is 2. The van der Waals surface area contributed by atoms with Gasteiger partial charge in [0.05, 0.1) is 0 Å². The summed E-state index contributed by atoms with van der Waals surface area (Å²) in [6.07, 6.45) is 0. The van der Waals surface area contributed by atoms with Crippen LogP contribution in [0.2, 0.25) is 5.02 Å². The summed E-state index contributed by atoms with van der Waals surface area (Å²) in [6.45, 7) is 4.95. The van der Waals surface area contributed by atoms with E-state index in [2.05, 4.69) is 37.4 Å². The number of hydrogen-bond donors (Lipinski definition) is 1. The Morgan fingerprint density at radius 1 is 1.22 bits per heavy atom. The molecule has 0 radical (unpaired) electrons. The third-order valence-corrected chi connectivity index (χ3v) is 5.43. The van der Waals surface area contributed by atoms with Crippen molar-refractivity contribution in [2.75, 3.05) is 17.6 Å². The lowest BCUT2D eigenvalue weighted by atomic mass is 10.1. The van der Waals surface area contributed by atoms with Crippen LogP contribution in [0.4, 0.5) is 10.5 Å². The summed E-state index contributed by atoms with van der Waals surface area (Å²) in [5.41, 5.74) is 4.44. The molecular weight excluding hydrogens is 328 g/mol. The molecule has 2 aromatic rings. The molecule has 23 heavy (non-hydrogen) atoms. The Labute approximate surface area is 146 Å². The number of carbonyl (C=O) groups excluding carboxylic acids is 1. The Morgan fingerprint density at radius 3 is 2.65 bits per heavy atom. The van der Waals surface area contributed by atoms with Crippen LogP contribution >= 0.6 is 23.4 Å². The maximum absolute atomic E-state index is 12.6. The van der Waals surface area contributed by atoms with Crippen molar-refractivity contribution in [3.05, 3.63) is 64.2 Å². The summed E-state index contributed by atoms with van der Waals surface area (Å²) in [4.78, 5) is 14.5. The zero-order valence-corrected chi connectivity index (χ0v) is 14.7. The van der Waals surface area contributed by atoms with Gasteiger partial charge in [0, 0.05) is 23.0 Å². The summed E-state index contributed by atoms with van der Waals surface area (Å²) in [6, 6.07) is 13.5. The maximum atomic E-state index is 12.6. The van der Waals surface area contributed by atoms with Gasteiger partial charge in [-0.2, -0.15) is 0 Å². The molecule has 3 nitrogen and oxygen atoms in total. The van der Waals surface area contributed by atoms with Crippen LogP contribution in [0.3, 0.4) is 0 Å². The number of nitrogens with one attached hydrogen (secondary N) is 1. The average Bonchev–Trinajstić information content (AvgIpc) is 2.99. The van der Waals surface area contributed by atoms with Gasteiger partial charge >= 0.3 is 6.03 Å². The van der Waals surface area contributed by atoms with Crippen molar-refractivity contribution >= 4 is 35.1 Å².